The van der Waals surface area contributed by atoms with Gasteiger partial charge in [-0.25, -0.2) is 9.69 Å². The normalized spacial score (nSPS) is 15.1. The molecular weight excluding hydrogens is 462 g/mol. The smallest absolute Gasteiger partial charge is 0.332 e. The molecule has 4 rings (SSSR count). The molecule has 1 N–H and O–H groups in total. The quantitative estimate of drug-likeness (QED) is 0.455. The molecule has 1 aliphatic heterocycles. The number of imide groups is 1. The predicted octanol–water partition coefficient (Wildman–Crippen LogP) is 4.08. The molecule has 0 saturated carbocycles. The molecule has 186 valence electrons. The third kappa shape index (κ3) is 5.10. The van der Waals surface area contributed by atoms with Crippen LogP contribution in [-0.4, -0.2) is 50.1 Å². The maximum Gasteiger partial charge on any atom is 0.332 e. The summed E-state index contributed by atoms with van der Waals surface area (Å²) in [5.74, 6) is 0.678. The fourth-order valence-electron chi connectivity index (χ4n) is 4.09. The van der Waals surface area contributed by atoms with E-state index >= 15 is 0 Å². The van der Waals surface area contributed by atoms with Gasteiger partial charge in [0.25, 0.3) is 5.91 Å². The van der Waals surface area contributed by atoms with Crippen LogP contribution in [0.25, 0.3) is 0 Å². The van der Waals surface area contributed by atoms with Crippen LogP contribution in [0.3, 0.4) is 0 Å². The predicted molar refractivity (Wildman–Crippen MR) is 134 cm³/mol. The molecule has 36 heavy (non-hydrogen) atoms. The summed E-state index contributed by atoms with van der Waals surface area (Å²) in [5, 5.41) is 2.79. The zero-order chi connectivity index (χ0) is 25.7. The molecule has 1 fully saturated rings. The lowest BCUT2D eigenvalue weighted by atomic mass is 10.1. The van der Waals surface area contributed by atoms with Crippen LogP contribution < -0.4 is 24.4 Å². The Bertz CT molecular complexity index is 1260. The van der Waals surface area contributed by atoms with Crippen LogP contribution >= 0.6 is 0 Å². The van der Waals surface area contributed by atoms with Gasteiger partial charge in [-0.2, -0.15) is 0 Å². The van der Waals surface area contributed by atoms with Crippen molar-refractivity contribution in [2.75, 3.05) is 31.5 Å². The molecule has 1 heterocycles. The van der Waals surface area contributed by atoms with E-state index in [-0.39, 0.29) is 18.9 Å². The molecule has 0 bridgehead atoms. The fraction of sp³-hybridized carbons (Fsp3) is 0.222. The molecule has 9 nitrogen and oxygen atoms in total. The first-order chi connectivity index (χ1) is 17.4. The van der Waals surface area contributed by atoms with Crippen molar-refractivity contribution in [2.45, 2.75) is 19.0 Å². The number of para-hydroxylation sites is 1. The van der Waals surface area contributed by atoms with Gasteiger partial charge in [0.05, 0.1) is 33.4 Å². The van der Waals surface area contributed by atoms with Crippen molar-refractivity contribution < 1.29 is 28.6 Å². The Balaban J connectivity index is 1.65. The Labute approximate surface area is 209 Å². The number of urea groups is 1. The minimum atomic E-state index is -1.000. The van der Waals surface area contributed by atoms with Gasteiger partial charge in [-0.3, -0.25) is 9.59 Å². The lowest BCUT2D eigenvalue weighted by Gasteiger charge is -2.22. The number of ether oxygens (including phenoxy) is 3. The van der Waals surface area contributed by atoms with E-state index in [1.54, 1.807) is 66.7 Å². The van der Waals surface area contributed by atoms with Gasteiger partial charge < -0.3 is 24.4 Å². The van der Waals surface area contributed by atoms with E-state index in [0.717, 1.165) is 10.5 Å². The van der Waals surface area contributed by atoms with Crippen LogP contribution in [0, 0.1) is 0 Å². The highest BCUT2D eigenvalue weighted by molar-refractivity contribution is 6.22. The second-order valence-electron chi connectivity index (χ2n) is 8.11. The van der Waals surface area contributed by atoms with Gasteiger partial charge in [-0.1, -0.05) is 30.3 Å². The number of amides is 4. The topological polar surface area (TPSA) is 97.4 Å². The number of carbonyl (C=O) groups excluding carboxylic acids is 3. The van der Waals surface area contributed by atoms with Crippen LogP contribution in [0.4, 0.5) is 16.2 Å². The van der Waals surface area contributed by atoms with Crippen molar-refractivity contribution in [3.8, 4) is 17.2 Å². The zero-order valence-corrected chi connectivity index (χ0v) is 20.3. The summed E-state index contributed by atoms with van der Waals surface area (Å²) in [4.78, 5) is 42.4. The maximum absolute atomic E-state index is 13.6. The van der Waals surface area contributed by atoms with Gasteiger partial charge in [0, 0.05) is 18.3 Å². The Morgan fingerprint density at radius 3 is 2.31 bits per heavy atom. The molecule has 1 aliphatic rings. The lowest BCUT2D eigenvalue weighted by molar-refractivity contribution is -0.124. The largest absolute Gasteiger partial charge is 0.497 e. The number of nitrogens with one attached hydrogen (secondary N) is 1. The minimum absolute atomic E-state index is 0.0919. The van der Waals surface area contributed by atoms with Crippen molar-refractivity contribution in [1.29, 1.82) is 0 Å². The monoisotopic (exact) mass is 489 g/mol. The molecular formula is C27H27N3O6. The van der Waals surface area contributed by atoms with Crippen molar-refractivity contribution >= 4 is 29.2 Å². The molecule has 3 aromatic rings. The molecule has 0 radical (unpaired) electrons. The first-order valence-corrected chi connectivity index (χ1v) is 11.3. The molecule has 0 spiro atoms. The van der Waals surface area contributed by atoms with E-state index in [1.807, 2.05) is 6.07 Å². The van der Waals surface area contributed by atoms with Crippen molar-refractivity contribution in [2.24, 2.45) is 0 Å². The number of benzene rings is 3. The first-order valence-electron chi connectivity index (χ1n) is 11.3. The standard InChI is InChI=1S/C27H27N3O6/c1-34-21-11-7-10-20(15-21)30-26(32)22(16-25(31)28-19-8-5-4-6-9-19)29(27(30)33)17-18-12-13-23(35-2)24(14-18)36-3/h4-15,22H,16-17H2,1-3H3,(H,28,31)/t22-/m0/s1. The van der Waals surface area contributed by atoms with E-state index in [9.17, 15) is 14.4 Å². The van der Waals surface area contributed by atoms with Gasteiger partial charge in [0.2, 0.25) is 5.91 Å². The first kappa shape index (κ1) is 24.6. The molecule has 0 aliphatic carbocycles. The molecule has 1 atom stereocenters. The summed E-state index contributed by atoms with van der Waals surface area (Å²) in [5.41, 5.74) is 1.69. The van der Waals surface area contributed by atoms with Crippen LogP contribution in [0.1, 0.15) is 12.0 Å². The average Bonchev–Trinajstić information content (AvgIpc) is 3.12. The second-order valence-corrected chi connectivity index (χ2v) is 8.11. The third-order valence-corrected chi connectivity index (χ3v) is 5.87. The number of carbonyl (C=O) groups is 3. The summed E-state index contributed by atoms with van der Waals surface area (Å²) in [7, 11) is 4.56. The lowest BCUT2D eigenvalue weighted by Crippen LogP contribution is -2.37. The number of nitrogens with zero attached hydrogens (tertiary/aromatic N) is 2. The molecule has 4 amide bonds. The zero-order valence-electron chi connectivity index (χ0n) is 20.3. The summed E-state index contributed by atoms with van der Waals surface area (Å²) in [6.45, 7) is 0.0919. The molecule has 3 aromatic carbocycles. The highest BCUT2D eigenvalue weighted by Gasteiger charge is 2.46. The maximum atomic E-state index is 13.6. The Morgan fingerprint density at radius 2 is 1.61 bits per heavy atom. The van der Waals surface area contributed by atoms with Gasteiger partial charge in [-0.05, 0) is 42.0 Å². The Kier molecular flexibility index (Phi) is 7.39. The van der Waals surface area contributed by atoms with Crippen LogP contribution in [0.15, 0.2) is 72.8 Å². The van der Waals surface area contributed by atoms with Crippen molar-refractivity contribution in [3.05, 3.63) is 78.4 Å². The van der Waals surface area contributed by atoms with Crippen molar-refractivity contribution in [1.82, 2.24) is 4.90 Å². The number of hydrogen-bond acceptors (Lipinski definition) is 6. The number of anilines is 2. The van der Waals surface area contributed by atoms with Gasteiger partial charge in [-0.15, -0.1) is 0 Å². The molecule has 1 saturated heterocycles. The van der Waals surface area contributed by atoms with Gasteiger partial charge in [0.15, 0.2) is 11.5 Å². The molecule has 0 unspecified atom stereocenters. The van der Waals surface area contributed by atoms with Crippen LogP contribution in [0.2, 0.25) is 0 Å². The molecule has 9 heteroatoms. The van der Waals surface area contributed by atoms with E-state index < -0.39 is 18.0 Å². The minimum Gasteiger partial charge on any atom is -0.497 e. The van der Waals surface area contributed by atoms with Crippen LogP contribution in [-0.2, 0) is 16.1 Å². The number of methoxy groups -OCH3 is 3. The summed E-state index contributed by atoms with van der Waals surface area (Å²) < 4.78 is 15.9. The highest BCUT2D eigenvalue weighted by Crippen LogP contribution is 2.33. The summed E-state index contributed by atoms with van der Waals surface area (Å²) in [6, 6.07) is 19.4. The van der Waals surface area contributed by atoms with E-state index in [0.29, 0.717) is 28.6 Å². The molecule has 0 aromatic heterocycles. The fourth-order valence-corrected chi connectivity index (χ4v) is 4.09. The second kappa shape index (κ2) is 10.8. The summed E-state index contributed by atoms with van der Waals surface area (Å²) >= 11 is 0. The Morgan fingerprint density at radius 1 is 0.861 bits per heavy atom. The van der Waals surface area contributed by atoms with E-state index in [1.165, 1.54) is 26.2 Å². The van der Waals surface area contributed by atoms with Crippen LogP contribution in [0.5, 0.6) is 17.2 Å². The van der Waals surface area contributed by atoms with E-state index in [4.69, 9.17) is 14.2 Å². The van der Waals surface area contributed by atoms with Gasteiger partial charge in [0.1, 0.15) is 11.8 Å². The number of rotatable bonds is 9. The third-order valence-electron chi connectivity index (χ3n) is 5.87. The SMILES string of the molecule is COc1cccc(N2C(=O)[C@H](CC(=O)Nc3ccccc3)N(Cc3ccc(OC)c(OC)c3)C2=O)c1. The Hall–Kier alpha value is -4.53. The van der Waals surface area contributed by atoms with E-state index in [2.05, 4.69) is 5.32 Å². The summed E-state index contributed by atoms with van der Waals surface area (Å²) in [6.07, 6.45) is -0.201. The highest BCUT2D eigenvalue weighted by atomic mass is 16.5. The van der Waals surface area contributed by atoms with Crippen molar-refractivity contribution in [3.63, 3.8) is 0 Å². The average molecular weight is 490 g/mol. The van der Waals surface area contributed by atoms with Gasteiger partial charge >= 0.3 is 6.03 Å². The number of hydrogen-bond donors (Lipinski definition) is 1.